The Balaban J connectivity index is 1.48. The standard InChI is InChI=1S/C30H40ClN3O4/c1-21-5-7-25(8-6-21)18-33-13-14-38-30(19-33,20-37-27-15-22(2)29(31)23(3)16-27)17-28(36)34-11-9-26(10-12-34)32-24(4)35/h5-8,15-16,26H,9-14,17-20H2,1-4H3,(H,32,35)/t30-/m1/s1. The van der Waals surface area contributed by atoms with Crippen molar-refractivity contribution in [3.05, 3.63) is 63.7 Å². The van der Waals surface area contributed by atoms with E-state index < -0.39 is 5.60 Å². The highest BCUT2D eigenvalue weighted by molar-refractivity contribution is 6.32. The summed E-state index contributed by atoms with van der Waals surface area (Å²) in [4.78, 5) is 29.2. The number of hydrogen-bond acceptors (Lipinski definition) is 5. The van der Waals surface area contributed by atoms with Crippen molar-refractivity contribution in [1.29, 1.82) is 0 Å². The van der Waals surface area contributed by atoms with Crippen molar-refractivity contribution in [2.24, 2.45) is 0 Å². The van der Waals surface area contributed by atoms with Gasteiger partial charge in [-0.15, -0.1) is 0 Å². The summed E-state index contributed by atoms with van der Waals surface area (Å²) in [6, 6.07) is 12.6. The van der Waals surface area contributed by atoms with E-state index in [0.29, 0.717) is 26.2 Å². The Morgan fingerprint density at radius 2 is 1.74 bits per heavy atom. The number of nitrogens with one attached hydrogen (secondary N) is 1. The van der Waals surface area contributed by atoms with E-state index in [0.717, 1.165) is 47.8 Å². The van der Waals surface area contributed by atoms with Crippen LogP contribution in [0.5, 0.6) is 5.75 Å². The normalized spacial score (nSPS) is 20.8. The summed E-state index contributed by atoms with van der Waals surface area (Å²) in [5, 5.41) is 3.72. The zero-order valence-corrected chi connectivity index (χ0v) is 23.8. The summed E-state index contributed by atoms with van der Waals surface area (Å²) in [6.07, 6.45) is 1.77. The van der Waals surface area contributed by atoms with Gasteiger partial charge in [0, 0.05) is 50.7 Å². The second-order valence-electron chi connectivity index (χ2n) is 10.9. The second kappa shape index (κ2) is 12.5. The van der Waals surface area contributed by atoms with Crippen LogP contribution in [0.1, 0.15) is 48.4 Å². The molecular weight excluding hydrogens is 502 g/mol. The number of rotatable bonds is 8. The molecule has 2 heterocycles. The fourth-order valence-electron chi connectivity index (χ4n) is 5.41. The summed E-state index contributed by atoms with van der Waals surface area (Å²) in [7, 11) is 0. The third-order valence-electron chi connectivity index (χ3n) is 7.49. The van der Waals surface area contributed by atoms with E-state index in [1.54, 1.807) is 0 Å². The second-order valence-corrected chi connectivity index (χ2v) is 11.3. The van der Waals surface area contributed by atoms with Crippen LogP contribution in [0, 0.1) is 20.8 Å². The molecule has 0 unspecified atom stereocenters. The van der Waals surface area contributed by atoms with E-state index in [9.17, 15) is 9.59 Å². The van der Waals surface area contributed by atoms with Crippen molar-refractivity contribution >= 4 is 23.4 Å². The first kappa shape index (κ1) is 28.4. The fourth-order valence-corrected chi connectivity index (χ4v) is 5.52. The Morgan fingerprint density at radius 3 is 2.37 bits per heavy atom. The quantitative estimate of drug-likeness (QED) is 0.535. The minimum Gasteiger partial charge on any atom is -0.490 e. The van der Waals surface area contributed by atoms with Gasteiger partial charge in [0.25, 0.3) is 0 Å². The SMILES string of the molecule is CC(=O)NC1CCN(C(=O)C[C@]2(COc3cc(C)c(Cl)c(C)c3)CN(Cc3ccc(C)cc3)CCO2)CC1. The number of aryl methyl sites for hydroxylation is 3. The molecule has 7 nitrogen and oxygen atoms in total. The monoisotopic (exact) mass is 541 g/mol. The molecule has 0 saturated carbocycles. The molecule has 2 aliphatic heterocycles. The number of carbonyl (C=O) groups excluding carboxylic acids is 2. The van der Waals surface area contributed by atoms with Gasteiger partial charge in [-0.25, -0.2) is 0 Å². The number of benzene rings is 2. The summed E-state index contributed by atoms with van der Waals surface area (Å²) >= 11 is 6.36. The molecule has 2 saturated heterocycles. The van der Waals surface area contributed by atoms with E-state index in [2.05, 4.69) is 41.4 Å². The van der Waals surface area contributed by atoms with Gasteiger partial charge >= 0.3 is 0 Å². The maximum Gasteiger partial charge on any atom is 0.225 e. The highest BCUT2D eigenvalue weighted by Crippen LogP contribution is 2.30. The predicted octanol–water partition coefficient (Wildman–Crippen LogP) is 4.43. The number of ether oxygens (including phenoxy) is 2. The highest BCUT2D eigenvalue weighted by Gasteiger charge is 2.41. The van der Waals surface area contributed by atoms with Crippen LogP contribution in [0.2, 0.25) is 5.02 Å². The molecular formula is C30H40ClN3O4. The molecule has 1 N–H and O–H groups in total. The number of nitrogens with zero attached hydrogens (tertiary/aromatic N) is 2. The lowest BCUT2D eigenvalue weighted by Crippen LogP contribution is -2.57. The van der Waals surface area contributed by atoms with Crippen LogP contribution in [0.3, 0.4) is 0 Å². The molecule has 0 aromatic heterocycles. The van der Waals surface area contributed by atoms with Crippen molar-refractivity contribution in [2.45, 2.75) is 65.1 Å². The lowest BCUT2D eigenvalue weighted by Gasteiger charge is -2.43. The van der Waals surface area contributed by atoms with Gasteiger partial charge in [0.15, 0.2) is 0 Å². The van der Waals surface area contributed by atoms with Crippen LogP contribution in [0.25, 0.3) is 0 Å². The molecule has 0 spiro atoms. The summed E-state index contributed by atoms with van der Waals surface area (Å²) in [5.74, 6) is 0.768. The molecule has 4 rings (SSSR count). The van der Waals surface area contributed by atoms with Crippen LogP contribution in [0.15, 0.2) is 36.4 Å². The average Bonchev–Trinajstić information content (AvgIpc) is 2.87. The predicted molar refractivity (Wildman–Crippen MR) is 150 cm³/mol. The molecule has 0 bridgehead atoms. The van der Waals surface area contributed by atoms with Crippen LogP contribution in [-0.2, 0) is 20.9 Å². The third kappa shape index (κ3) is 7.49. The number of halogens is 1. The Kier molecular flexibility index (Phi) is 9.34. The number of piperidine rings is 1. The molecule has 2 aliphatic rings. The number of likely N-dealkylation sites (tertiary alicyclic amines) is 1. The maximum atomic E-state index is 13.5. The van der Waals surface area contributed by atoms with Crippen molar-refractivity contribution in [2.75, 3.05) is 39.4 Å². The molecule has 2 aromatic carbocycles. The van der Waals surface area contributed by atoms with E-state index in [4.69, 9.17) is 21.1 Å². The Hall–Kier alpha value is -2.61. The molecule has 8 heteroatoms. The molecule has 2 fully saturated rings. The molecule has 1 atom stereocenters. The van der Waals surface area contributed by atoms with Gasteiger partial charge in [-0.3, -0.25) is 14.5 Å². The lowest BCUT2D eigenvalue weighted by molar-refractivity contribution is -0.157. The van der Waals surface area contributed by atoms with Crippen LogP contribution < -0.4 is 10.1 Å². The van der Waals surface area contributed by atoms with Gasteiger partial charge in [-0.1, -0.05) is 41.4 Å². The average molecular weight is 542 g/mol. The number of morpholine rings is 1. The van der Waals surface area contributed by atoms with Crippen molar-refractivity contribution in [3.63, 3.8) is 0 Å². The largest absolute Gasteiger partial charge is 0.490 e. The molecule has 2 amide bonds. The zero-order chi connectivity index (χ0) is 27.3. The summed E-state index contributed by atoms with van der Waals surface area (Å²) in [5.41, 5.74) is 3.62. The van der Waals surface area contributed by atoms with Gasteiger partial charge in [-0.05, 0) is 62.4 Å². The number of hydrogen-bond donors (Lipinski definition) is 1. The Labute approximate surface area is 231 Å². The van der Waals surface area contributed by atoms with E-state index in [1.807, 2.05) is 30.9 Å². The lowest BCUT2D eigenvalue weighted by atomic mass is 9.95. The van der Waals surface area contributed by atoms with Crippen LogP contribution in [0.4, 0.5) is 0 Å². The van der Waals surface area contributed by atoms with Crippen LogP contribution >= 0.6 is 11.6 Å². The minimum atomic E-state index is -0.768. The van der Waals surface area contributed by atoms with Gasteiger partial charge in [0.1, 0.15) is 18.0 Å². The number of carbonyl (C=O) groups is 2. The maximum absolute atomic E-state index is 13.5. The Bertz CT molecular complexity index is 1110. The molecule has 38 heavy (non-hydrogen) atoms. The molecule has 2 aromatic rings. The van der Waals surface area contributed by atoms with E-state index in [1.165, 1.54) is 18.1 Å². The van der Waals surface area contributed by atoms with Crippen molar-refractivity contribution in [3.8, 4) is 5.75 Å². The first-order valence-electron chi connectivity index (χ1n) is 13.5. The van der Waals surface area contributed by atoms with Gasteiger partial charge < -0.3 is 19.7 Å². The summed E-state index contributed by atoms with van der Waals surface area (Å²) in [6.45, 7) is 11.8. The first-order valence-corrected chi connectivity index (χ1v) is 13.9. The Morgan fingerprint density at radius 1 is 1.08 bits per heavy atom. The minimum absolute atomic E-state index is 0.0252. The number of amides is 2. The van der Waals surface area contributed by atoms with Gasteiger partial charge in [0.05, 0.1) is 13.0 Å². The zero-order valence-electron chi connectivity index (χ0n) is 23.0. The van der Waals surface area contributed by atoms with Crippen molar-refractivity contribution in [1.82, 2.24) is 15.1 Å². The van der Waals surface area contributed by atoms with E-state index in [-0.39, 0.29) is 30.9 Å². The summed E-state index contributed by atoms with van der Waals surface area (Å²) < 4.78 is 12.7. The first-order chi connectivity index (χ1) is 18.1. The molecule has 0 radical (unpaired) electrons. The molecule has 206 valence electrons. The fraction of sp³-hybridized carbons (Fsp3) is 0.533. The smallest absolute Gasteiger partial charge is 0.225 e. The van der Waals surface area contributed by atoms with E-state index >= 15 is 0 Å². The third-order valence-corrected chi connectivity index (χ3v) is 8.09. The van der Waals surface area contributed by atoms with Gasteiger partial charge in [0.2, 0.25) is 11.8 Å². The van der Waals surface area contributed by atoms with Crippen molar-refractivity contribution < 1.29 is 19.1 Å². The van der Waals surface area contributed by atoms with Crippen LogP contribution in [-0.4, -0.2) is 72.6 Å². The topological polar surface area (TPSA) is 71.1 Å². The molecule has 0 aliphatic carbocycles. The highest BCUT2D eigenvalue weighted by atomic mass is 35.5. The van der Waals surface area contributed by atoms with Gasteiger partial charge in [-0.2, -0.15) is 0 Å².